The van der Waals surface area contributed by atoms with Gasteiger partial charge in [-0.3, -0.25) is 29.2 Å². The summed E-state index contributed by atoms with van der Waals surface area (Å²) < 4.78 is 5.27. The molecular weight excluding hydrogens is 757 g/mol. The molecule has 4 bridgehead atoms. The van der Waals surface area contributed by atoms with E-state index in [0.29, 0.717) is 59.0 Å². The summed E-state index contributed by atoms with van der Waals surface area (Å²) in [6.07, 6.45) is 13.8. The number of carbonyl (C=O) groups is 4. The van der Waals surface area contributed by atoms with E-state index in [-0.39, 0.29) is 48.2 Å². The van der Waals surface area contributed by atoms with Crippen LogP contribution in [0.15, 0.2) is 56.6 Å². The highest BCUT2D eigenvalue weighted by Gasteiger charge is 2.36. The normalized spacial score (nSPS) is 22.0. The molecule has 0 radical (unpaired) electrons. The van der Waals surface area contributed by atoms with Crippen LogP contribution in [0.1, 0.15) is 109 Å². The van der Waals surface area contributed by atoms with E-state index >= 15 is 0 Å². The lowest BCUT2D eigenvalue weighted by Crippen LogP contribution is -2.34. The zero-order chi connectivity index (χ0) is 44.5. The van der Waals surface area contributed by atoms with Crippen molar-refractivity contribution in [1.29, 1.82) is 0 Å². The van der Waals surface area contributed by atoms with E-state index in [1.165, 1.54) is 14.0 Å². The van der Waals surface area contributed by atoms with E-state index in [1.807, 2.05) is 61.1 Å². The van der Waals surface area contributed by atoms with E-state index < -0.39 is 5.97 Å². The lowest BCUT2D eigenvalue weighted by atomic mass is 9.82. The number of carbonyl (C=O) groups excluding carboxylic acids is 4. The minimum absolute atomic E-state index is 0.0577. The monoisotopic (exact) mass is 829 g/mol. The highest BCUT2D eigenvalue weighted by molar-refractivity contribution is 6.24. The van der Waals surface area contributed by atoms with Crippen LogP contribution < -0.4 is 26.6 Å². The lowest BCUT2D eigenvalue weighted by Gasteiger charge is -2.20. The van der Waals surface area contributed by atoms with E-state index in [2.05, 4.69) is 57.6 Å². The molecule has 0 fully saturated rings. The number of ether oxygens (including phenoxy) is 1. The van der Waals surface area contributed by atoms with E-state index in [9.17, 15) is 19.2 Å². The first kappa shape index (κ1) is 49.5. The molecule has 3 atom stereocenters. The van der Waals surface area contributed by atoms with E-state index in [4.69, 9.17) is 14.7 Å². The Morgan fingerprint density at radius 3 is 2.30 bits per heavy atom. The highest BCUT2D eigenvalue weighted by atomic mass is 16.5. The number of fused-ring (bicyclic) bond motifs is 3. The number of hydrogen-bond donors (Lipinski definition) is 4. The van der Waals surface area contributed by atoms with E-state index in [0.717, 1.165) is 67.1 Å². The van der Waals surface area contributed by atoms with Gasteiger partial charge in [-0.2, -0.15) is 0 Å². The summed E-state index contributed by atoms with van der Waals surface area (Å²) in [7, 11) is 9.35. The van der Waals surface area contributed by atoms with Crippen LogP contribution >= 0.6 is 0 Å². The van der Waals surface area contributed by atoms with Crippen LogP contribution in [-0.4, -0.2) is 112 Å². The van der Waals surface area contributed by atoms with Crippen molar-refractivity contribution < 1.29 is 23.9 Å². The standard InChI is InChI=1S/C47H72N8O5/c1-13-16-31(4)38-19-17-35(27-32(5)56)51-40(30(2)3)29-41-33(6)36(18-20-42(57)49-22-14-25-54(8)9)45(53-41)37(28-43(58)60-12)46-44(34(7)39(52-46)21-24-48-38)47(59)50-23-15-26-55(10)11/h19,21,24,27,29,31,33,36,51-52H,13-18,20,22-23,25-26,28H2,1-12H3,(H,49,57)(H,50,59)/b35-27+,38-19-,39-21-,41-29-,46-37-,48-24-/t31-,33+,36?/m1/s1. The quantitative estimate of drug-likeness (QED) is 0.0906. The number of aliphatic imine (C=N–C) groups is 2. The van der Waals surface area contributed by atoms with Crippen molar-refractivity contribution in [2.24, 2.45) is 27.7 Å². The summed E-state index contributed by atoms with van der Waals surface area (Å²) in [5.41, 5.74) is 6.41. The third-order valence-corrected chi connectivity index (χ3v) is 10.9. The lowest BCUT2D eigenvalue weighted by molar-refractivity contribution is -0.139. The number of amides is 2. The van der Waals surface area contributed by atoms with Crippen molar-refractivity contribution >= 4 is 47.1 Å². The van der Waals surface area contributed by atoms with Crippen molar-refractivity contribution in [1.82, 2.24) is 30.7 Å². The average molecular weight is 829 g/mol. The minimum Gasteiger partial charge on any atom is -0.469 e. The Bertz CT molecular complexity index is 2010. The molecule has 0 spiro atoms. The van der Waals surface area contributed by atoms with Crippen LogP contribution in [0, 0.1) is 24.7 Å². The number of rotatable bonds is 18. The Labute approximate surface area is 358 Å². The molecule has 1 aromatic heterocycles. The van der Waals surface area contributed by atoms with Gasteiger partial charge in [0.1, 0.15) is 0 Å². The van der Waals surface area contributed by atoms with Gasteiger partial charge in [-0.1, -0.05) is 38.8 Å². The van der Waals surface area contributed by atoms with E-state index in [1.54, 1.807) is 12.3 Å². The highest BCUT2D eigenvalue weighted by Crippen LogP contribution is 2.38. The number of esters is 1. The number of aromatic amines is 1. The molecule has 1 aromatic rings. The summed E-state index contributed by atoms with van der Waals surface area (Å²) in [5.74, 6) is -1.20. The maximum absolute atomic E-state index is 14.3. The Morgan fingerprint density at radius 1 is 1.03 bits per heavy atom. The summed E-state index contributed by atoms with van der Waals surface area (Å²) in [5, 5.41) is 10.9. The van der Waals surface area contributed by atoms with Crippen LogP contribution in [0.25, 0.3) is 11.6 Å². The summed E-state index contributed by atoms with van der Waals surface area (Å²) >= 11 is 0. The Morgan fingerprint density at radius 2 is 1.70 bits per heavy atom. The third-order valence-electron chi connectivity index (χ3n) is 10.9. The third kappa shape index (κ3) is 15.0. The number of ketones is 1. The number of aromatic nitrogens is 1. The van der Waals surface area contributed by atoms with Gasteiger partial charge in [-0.05, 0) is 118 Å². The molecule has 2 aliphatic rings. The van der Waals surface area contributed by atoms with Crippen LogP contribution in [-0.2, 0) is 19.1 Å². The first-order chi connectivity index (χ1) is 28.5. The second-order valence-corrected chi connectivity index (χ2v) is 16.9. The topological polar surface area (TPSA) is 161 Å². The fraction of sp³-hybridized carbons (Fsp3) is 0.574. The molecule has 60 heavy (non-hydrogen) atoms. The van der Waals surface area contributed by atoms with Gasteiger partial charge in [-0.15, -0.1) is 0 Å². The fourth-order valence-electron chi connectivity index (χ4n) is 7.50. The fourth-order valence-corrected chi connectivity index (χ4v) is 7.50. The maximum atomic E-state index is 14.3. The molecule has 2 aliphatic heterocycles. The number of nitrogens with one attached hydrogen (secondary N) is 4. The van der Waals surface area contributed by atoms with Crippen molar-refractivity contribution in [3.05, 3.63) is 68.4 Å². The van der Waals surface area contributed by atoms with Crippen molar-refractivity contribution in [2.75, 3.05) is 61.5 Å². The van der Waals surface area contributed by atoms with Gasteiger partial charge in [0, 0.05) is 83.8 Å². The van der Waals surface area contributed by atoms with Crippen LogP contribution in [0.3, 0.4) is 0 Å². The van der Waals surface area contributed by atoms with Gasteiger partial charge < -0.3 is 35.5 Å². The zero-order valence-electron chi connectivity index (χ0n) is 38.4. The molecule has 3 heterocycles. The van der Waals surface area contributed by atoms with Gasteiger partial charge in [-0.25, -0.2) is 0 Å². The first-order valence-corrected chi connectivity index (χ1v) is 21.5. The first-order valence-electron chi connectivity index (χ1n) is 21.5. The van der Waals surface area contributed by atoms with Gasteiger partial charge >= 0.3 is 5.97 Å². The molecule has 4 N–H and O–H groups in total. The minimum atomic E-state index is -0.483. The van der Waals surface area contributed by atoms with Crippen LogP contribution in [0.2, 0.25) is 0 Å². The number of hydrogen-bond acceptors (Lipinski definition) is 10. The molecule has 13 nitrogen and oxygen atoms in total. The molecule has 0 aromatic carbocycles. The Kier molecular flexibility index (Phi) is 20.1. The molecule has 1 unspecified atom stereocenters. The predicted octanol–water partition coefficient (Wildman–Crippen LogP) is 5.09. The van der Waals surface area contributed by atoms with Gasteiger partial charge in [0.2, 0.25) is 5.91 Å². The number of nitrogens with zero attached hydrogens (tertiary/aromatic N) is 4. The van der Waals surface area contributed by atoms with Gasteiger partial charge in [0.15, 0.2) is 5.78 Å². The number of methoxy groups -OCH3 is 1. The average Bonchev–Trinajstić information content (AvgIpc) is 3.67. The van der Waals surface area contributed by atoms with Gasteiger partial charge in [0.25, 0.3) is 5.91 Å². The predicted molar refractivity (Wildman–Crippen MR) is 244 cm³/mol. The van der Waals surface area contributed by atoms with Crippen LogP contribution in [0.4, 0.5) is 0 Å². The molecule has 13 heteroatoms. The second-order valence-electron chi connectivity index (χ2n) is 16.9. The molecule has 3 rings (SSSR count). The van der Waals surface area contributed by atoms with Crippen LogP contribution in [0.5, 0.6) is 0 Å². The summed E-state index contributed by atoms with van der Waals surface area (Å²) in [4.78, 5) is 71.5. The second kappa shape index (κ2) is 24.4. The number of allylic oxidation sites excluding steroid dienone is 6. The number of H-pyrrole nitrogens is 1. The van der Waals surface area contributed by atoms with Crippen molar-refractivity contribution in [3.8, 4) is 0 Å². The van der Waals surface area contributed by atoms with Gasteiger partial charge in [0.05, 0.1) is 30.2 Å². The largest absolute Gasteiger partial charge is 0.469 e. The molecule has 2 amide bonds. The Hall–Kier alpha value is -4.88. The van der Waals surface area contributed by atoms with Crippen molar-refractivity contribution in [3.63, 3.8) is 0 Å². The SMILES string of the molecule is CCC[C@@H](C)C1=C/C/C(=C\C(C)=O)NC(=C(C)C)/C=C2N=C(/C(CC(=O)OC)=c3\[nH]\c(c(C)c3C(=O)NCCCN(C)C)=C/C=N\1)C(CCC(=O)NCCCN(C)C)[C@@H]\2C. The summed E-state index contributed by atoms with van der Waals surface area (Å²) in [6.45, 7) is 16.5. The summed E-state index contributed by atoms with van der Waals surface area (Å²) in [6, 6.07) is 0. The van der Waals surface area contributed by atoms with Crippen molar-refractivity contribution in [2.45, 2.75) is 99.8 Å². The molecular formula is C47H72N8O5. The molecule has 330 valence electrons. The Balaban J connectivity index is 2.43. The smallest absolute Gasteiger partial charge is 0.310 e. The maximum Gasteiger partial charge on any atom is 0.310 e. The molecule has 0 saturated heterocycles. The molecule has 0 saturated carbocycles. The zero-order valence-corrected chi connectivity index (χ0v) is 38.4. The molecule has 0 aliphatic carbocycles.